The summed E-state index contributed by atoms with van der Waals surface area (Å²) in [6, 6.07) is 13.6. The molecule has 0 bridgehead atoms. The molecule has 26 heavy (non-hydrogen) atoms. The van der Waals surface area contributed by atoms with Crippen LogP contribution in [0, 0.1) is 5.82 Å². The molecule has 7 heteroatoms. The molecule has 3 N–H and O–H groups in total. The average Bonchev–Trinajstić information content (AvgIpc) is 2.58. The van der Waals surface area contributed by atoms with Gasteiger partial charge in [0.15, 0.2) is 5.96 Å². The van der Waals surface area contributed by atoms with Crippen molar-refractivity contribution in [1.82, 2.24) is 0 Å². The van der Waals surface area contributed by atoms with Crippen LogP contribution in [-0.2, 0) is 4.74 Å². The van der Waals surface area contributed by atoms with Crippen LogP contribution in [0.5, 0.6) is 5.75 Å². The smallest absolute Gasteiger partial charge is 0.193 e. The molecule has 2 rings (SSSR count). The normalized spacial score (nSPS) is 12.4. The molecule has 0 aliphatic rings. The van der Waals surface area contributed by atoms with E-state index >= 15 is 0 Å². The number of benzene rings is 2. The predicted molar refractivity (Wildman–Crippen MR) is 114 cm³/mol. The largest absolute Gasteiger partial charge is 0.491 e. The molecule has 5 nitrogen and oxygen atoms in total. The van der Waals surface area contributed by atoms with E-state index in [0.29, 0.717) is 6.54 Å². The van der Waals surface area contributed by atoms with Crippen molar-refractivity contribution < 1.29 is 13.9 Å². The second kappa shape index (κ2) is 11.0. The van der Waals surface area contributed by atoms with E-state index in [1.807, 2.05) is 38.1 Å². The summed E-state index contributed by atoms with van der Waals surface area (Å²) in [7, 11) is 1.58. The van der Waals surface area contributed by atoms with Gasteiger partial charge in [-0.15, -0.1) is 24.0 Å². The van der Waals surface area contributed by atoms with Crippen LogP contribution < -0.4 is 15.8 Å². The molecule has 0 amide bonds. The SMILES string of the molecule is COC(CN=C(N)Nc1ccc(OC(C)C)cc1)c1ccc(F)cc1.I. The summed E-state index contributed by atoms with van der Waals surface area (Å²) in [5.74, 6) is 0.793. The molecule has 2 aromatic rings. The lowest BCUT2D eigenvalue weighted by molar-refractivity contribution is 0.111. The molecule has 142 valence electrons. The van der Waals surface area contributed by atoms with E-state index in [0.717, 1.165) is 17.0 Å². The molecule has 0 aliphatic heterocycles. The number of nitrogens with one attached hydrogen (secondary N) is 1. The van der Waals surface area contributed by atoms with Crippen LogP contribution >= 0.6 is 24.0 Å². The number of hydrogen-bond acceptors (Lipinski definition) is 3. The van der Waals surface area contributed by atoms with Crippen molar-refractivity contribution in [2.75, 3.05) is 19.0 Å². The zero-order valence-corrected chi connectivity index (χ0v) is 17.4. The molecule has 0 saturated carbocycles. The first kappa shape index (κ1) is 22.2. The first-order valence-electron chi connectivity index (χ1n) is 8.10. The fraction of sp³-hybridized carbons (Fsp3) is 0.316. The Morgan fingerprint density at radius 3 is 2.27 bits per heavy atom. The minimum absolute atomic E-state index is 0. The molecule has 0 heterocycles. The van der Waals surface area contributed by atoms with Gasteiger partial charge in [-0.25, -0.2) is 4.39 Å². The lowest BCUT2D eigenvalue weighted by atomic mass is 10.1. The molecule has 0 spiro atoms. The topological polar surface area (TPSA) is 68.9 Å². The van der Waals surface area contributed by atoms with Crippen molar-refractivity contribution in [3.05, 3.63) is 59.9 Å². The maximum Gasteiger partial charge on any atom is 0.193 e. The summed E-state index contributed by atoms with van der Waals surface area (Å²) in [5, 5.41) is 3.02. The third-order valence-electron chi connectivity index (χ3n) is 3.45. The monoisotopic (exact) mass is 473 g/mol. The van der Waals surface area contributed by atoms with Crippen LogP contribution in [0.2, 0.25) is 0 Å². The standard InChI is InChI=1S/C19H24FN3O2.HI/c1-13(2)25-17-10-8-16(9-11-17)23-19(21)22-12-18(24-3)14-4-6-15(20)7-5-14;/h4-11,13,18H,12H2,1-3H3,(H3,21,22,23);1H. The number of ether oxygens (including phenoxy) is 2. The van der Waals surface area contributed by atoms with Crippen LogP contribution in [0.15, 0.2) is 53.5 Å². The van der Waals surface area contributed by atoms with Gasteiger partial charge in [0.1, 0.15) is 17.7 Å². The Labute approximate surface area is 170 Å². The van der Waals surface area contributed by atoms with Crippen LogP contribution in [0.4, 0.5) is 10.1 Å². The molecule has 2 aromatic carbocycles. The Bertz CT molecular complexity index is 691. The van der Waals surface area contributed by atoms with Crippen LogP contribution in [0.3, 0.4) is 0 Å². The highest BCUT2D eigenvalue weighted by molar-refractivity contribution is 14.0. The second-order valence-electron chi connectivity index (χ2n) is 5.82. The molecule has 1 unspecified atom stereocenters. The van der Waals surface area contributed by atoms with Crippen molar-refractivity contribution in [1.29, 1.82) is 0 Å². The summed E-state index contributed by atoms with van der Waals surface area (Å²) >= 11 is 0. The van der Waals surface area contributed by atoms with Gasteiger partial charge in [-0.3, -0.25) is 4.99 Å². The Hall–Kier alpha value is -1.87. The first-order chi connectivity index (χ1) is 12.0. The first-order valence-corrected chi connectivity index (χ1v) is 8.10. The van der Waals surface area contributed by atoms with E-state index in [1.165, 1.54) is 12.1 Å². The molecule has 1 atom stereocenters. The molecule has 0 fully saturated rings. The Morgan fingerprint density at radius 2 is 1.73 bits per heavy atom. The average molecular weight is 473 g/mol. The summed E-state index contributed by atoms with van der Waals surface area (Å²) in [6.07, 6.45) is -0.161. The lowest BCUT2D eigenvalue weighted by Gasteiger charge is -2.14. The minimum Gasteiger partial charge on any atom is -0.491 e. The van der Waals surface area contributed by atoms with Gasteiger partial charge >= 0.3 is 0 Å². The number of guanidine groups is 1. The lowest BCUT2D eigenvalue weighted by Crippen LogP contribution is -2.23. The van der Waals surface area contributed by atoms with Crippen LogP contribution in [0.1, 0.15) is 25.5 Å². The number of nitrogens with zero attached hydrogens (tertiary/aromatic N) is 1. The summed E-state index contributed by atoms with van der Waals surface area (Å²) in [5.41, 5.74) is 7.58. The van der Waals surface area contributed by atoms with Crippen LogP contribution in [-0.4, -0.2) is 25.7 Å². The fourth-order valence-electron chi connectivity index (χ4n) is 2.25. The highest BCUT2D eigenvalue weighted by Crippen LogP contribution is 2.18. The van der Waals surface area contributed by atoms with Gasteiger partial charge < -0.3 is 20.5 Å². The highest BCUT2D eigenvalue weighted by Gasteiger charge is 2.10. The molecule has 0 radical (unpaired) electrons. The van der Waals surface area contributed by atoms with Gasteiger partial charge in [-0.05, 0) is 55.8 Å². The molecule has 0 aliphatic carbocycles. The van der Waals surface area contributed by atoms with Gasteiger partial charge in [0.25, 0.3) is 0 Å². The third-order valence-corrected chi connectivity index (χ3v) is 3.45. The molecule has 0 saturated heterocycles. The zero-order chi connectivity index (χ0) is 18.2. The van der Waals surface area contributed by atoms with E-state index in [1.54, 1.807) is 19.2 Å². The number of aliphatic imine (C=N–C) groups is 1. The maximum atomic E-state index is 13.0. The number of nitrogens with two attached hydrogens (primary N) is 1. The van der Waals surface area contributed by atoms with Crippen molar-refractivity contribution in [3.63, 3.8) is 0 Å². The number of rotatable bonds is 7. The summed E-state index contributed by atoms with van der Waals surface area (Å²) in [4.78, 5) is 4.29. The van der Waals surface area contributed by atoms with Crippen molar-refractivity contribution in [2.45, 2.75) is 26.1 Å². The van der Waals surface area contributed by atoms with E-state index in [2.05, 4.69) is 10.3 Å². The predicted octanol–water partition coefficient (Wildman–Crippen LogP) is 4.35. The van der Waals surface area contributed by atoms with Gasteiger partial charge in [0.2, 0.25) is 0 Å². The molecule has 0 aromatic heterocycles. The van der Waals surface area contributed by atoms with E-state index in [4.69, 9.17) is 15.2 Å². The number of methoxy groups -OCH3 is 1. The zero-order valence-electron chi connectivity index (χ0n) is 15.1. The van der Waals surface area contributed by atoms with Crippen molar-refractivity contribution in [3.8, 4) is 5.75 Å². The Balaban J connectivity index is 0.00000338. The number of anilines is 1. The van der Waals surface area contributed by atoms with Crippen molar-refractivity contribution in [2.24, 2.45) is 10.7 Å². The molecular formula is C19H25FIN3O2. The van der Waals surface area contributed by atoms with Gasteiger partial charge in [0, 0.05) is 12.8 Å². The Kier molecular flexibility index (Phi) is 9.36. The van der Waals surface area contributed by atoms with Gasteiger partial charge in [-0.2, -0.15) is 0 Å². The minimum atomic E-state index is -0.289. The van der Waals surface area contributed by atoms with Gasteiger partial charge in [-0.1, -0.05) is 12.1 Å². The summed E-state index contributed by atoms with van der Waals surface area (Å²) in [6.45, 7) is 4.28. The van der Waals surface area contributed by atoms with E-state index < -0.39 is 0 Å². The quantitative estimate of drug-likeness (QED) is 0.357. The Morgan fingerprint density at radius 1 is 1.12 bits per heavy atom. The second-order valence-corrected chi connectivity index (χ2v) is 5.82. The maximum absolute atomic E-state index is 13.0. The van der Waals surface area contributed by atoms with Crippen molar-refractivity contribution >= 4 is 35.6 Å². The van der Waals surface area contributed by atoms with E-state index in [-0.39, 0.29) is 48.0 Å². The third kappa shape index (κ3) is 7.17. The highest BCUT2D eigenvalue weighted by atomic mass is 127. The van der Waals surface area contributed by atoms with Gasteiger partial charge in [0.05, 0.1) is 12.6 Å². The number of hydrogen-bond donors (Lipinski definition) is 2. The van der Waals surface area contributed by atoms with E-state index in [9.17, 15) is 4.39 Å². The summed E-state index contributed by atoms with van der Waals surface area (Å²) < 4.78 is 24.0. The molecular weight excluding hydrogens is 448 g/mol. The number of halogens is 2. The fourth-order valence-corrected chi connectivity index (χ4v) is 2.25. The van der Waals surface area contributed by atoms with Crippen LogP contribution in [0.25, 0.3) is 0 Å².